The van der Waals surface area contributed by atoms with Gasteiger partial charge in [0.2, 0.25) is 16.8 Å². The summed E-state index contributed by atoms with van der Waals surface area (Å²) in [5.41, 5.74) is 3.28. The second kappa shape index (κ2) is 5.05. The lowest BCUT2D eigenvalue weighted by molar-refractivity contribution is -0.115. The Morgan fingerprint density at radius 1 is 1.35 bits per heavy atom. The van der Waals surface area contributed by atoms with Gasteiger partial charge in [-0.2, -0.15) is 4.98 Å². The second-order valence-electron chi connectivity index (χ2n) is 4.52. The SMILES string of the molecule is CCC(=O)Nc1nc2scc(-c3ccc(C)cc3)n2n1. The van der Waals surface area contributed by atoms with E-state index in [1.165, 1.54) is 16.9 Å². The number of aromatic nitrogens is 3. The zero-order valence-corrected chi connectivity index (χ0v) is 12.1. The average molecular weight is 286 g/mol. The molecule has 0 spiro atoms. The minimum Gasteiger partial charge on any atom is -0.293 e. The fourth-order valence-corrected chi connectivity index (χ4v) is 2.70. The lowest BCUT2D eigenvalue weighted by Gasteiger charge is -1.99. The number of anilines is 1. The number of nitrogens with zero attached hydrogens (tertiary/aromatic N) is 3. The highest BCUT2D eigenvalue weighted by Gasteiger charge is 2.12. The van der Waals surface area contributed by atoms with Gasteiger partial charge in [-0.05, 0) is 6.92 Å². The van der Waals surface area contributed by atoms with Gasteiger partial charge >= 0.3 is 0 Å². The molecule has 3 aromatic rings. The first-order valence-electron chi connectivity index (χ1n) is 6.38. The van der Waals surface area contributed by atoms with Gasteiger partial charge in [0, 0.05) is 17.4 Å². The van der Waals surface area contributed by atoms with Crippen LogP contribution in [0.25, 0.3) is 16.2 Å². The Bertz CT molecular complexity index is 757. The number of carbonyl (C=O) groups excluding carboxylic acids is 1. The van der Waals surface area contributed by atoms with Crippen molar-refractivity contribution in [3.8, 4) is 11.3 Å². The molecule has 0 atom stereocenters. The van der Waals surface area contributed by atoms with E-state index in [-0.39, 0.29) is 5.91 Å². The zero-order valence-electron chi connectivity index (χ0n) is 11.3. The number of nitrogens with one attached hydrogen (secondary N) is 1. The molecule has 0 saturated carbocycles. The van der Waals surface area contributed by atoms with Gasteiger partial charge in [0.1, 0.15) is 0 Å². The molecular weight excluding hydrogens is 272 g/mol. The first-order chi connectivity index (χ1) is 9.67. The molecule has 0 radical (unpaired) electrons. The molecular formula is C14H14N4OS. The zero-order chi connectivity index (χ0) is 14.1. The average Bonchev–Trinajstić information content (AvgIpc) is 2.99. The molecule has 6 heteroatoms. The van der Waals surface area contributed by atoms with Crippen LogP contribution in [0.4, 0.5) is 5.95 Å². The first kappa shape index (κ1) is 12.8. The molecule has 1 amide bonds. The number of hydrogen-bond acceptors (Lipinski definition) is 4. The molecule has 1 N–H and O–H groups in total. The normalized spacial score (nSPS) is 10.9. The molecule has 2 heterocycles. The van der Waals surface area contributed by atoms with Crippen molar-refractivity contribution in [2.45, 2.75) is 20.3 Å². The van der Waals surface area contributed by atoms with Crippen molar-refractivity contribution in [3.05, 3.63) is 35.2 Å². The first-order valence-corrected chi connectivity index (χ1v) is 7.26. The van der Waals surface area contributed by atoms with Gasteiger partial charge in [-0.1, -0.05) is 36.8 Å². The molecule has 0 unspecified atom stereocenters. The third-order valence-electron chi connectivity index (χ3n) is 3.00. The van der Waals surface area contributed by atoms with E-state index < -0.39 is 0 Å². The van der Waals surface area contributed by atoms with Crippen LogP contribution >= 0.6 is 11.3 Å². The summed E-state index contributed by atoms with van der Waals surface area (Å²) in [6.07, 6.45) is 0.414. The molecule has 0 bridgehead atoms. The summed E-state index contributed by atoms with van der Waals surface area (Å²) in [4.78, 5) is 16.4. The van der Waals surface area contributed by atoms with Crippen LogP contribution in [0.5, 0.6) is 0 Å². The standard InChI is InChI=1S/C14H14N4OS/c1-3-12(19)15-13-16-14-18(17-13)11(8-20-14)10-6-4-9(2)5-7-10/h4-8H,3H2,1-2H3,(H,15,17,19). The van der Waals surface area contributed by atoms with E-state index in [1.54, 1.807) is 11.4 Å². The molecule has 2 aromatic heterocycles. The smallest absolute Gasteiger partial charge is 0.250 e. The van der Waals surface area contributed by atoms with Crippen LogP contribution in [-0.4, -0.2) is 20.5 Å². The summed E-state index contributed by atoms with van der Waals surface area (Å²) in [6, 6.07) is 8.25. The Labute approximate surface area is 120 Å². The van der Waals surface area contributed by atoms with E-state index in [1.807, 2.05) is 5.38 Å². The maximum atomic E-state index is 11.4. The Morgan fingerprint density at radius 2 is 2.10 bits per heavy atom. The van der Waals surface area contributed by atoms with Gasteiger partial charge in [-0.25, -0.2) is 4.52 Å². The Hall–Kier alpha value is -2.21. The van der Waals surface area contributed by atoms with Crippen LogP contribution in [0.1, 0.15) is 18.9 Å². The van der Waals surface area contributed by atoms with E-state index >= 15 is 0 Å². The van der Waals surface area contributed by atoms with Crippen molar-refractivity contribution in [2.24, 2.45) is 0 Å². The van der Waals surface area contributed by atoms with E-state index in [4.69, 9.17) is 0 Å². The van der Waals surface area contributed by atoms with Gasteiger partial charge < -0.3 is 0 Å². The minimum absolute atomic E-state index is 0.0832. The van der Waals surface area contributed by atoms with Crippen LogP contribution in [0.3, 0.4) is 0 Å². The fraction of sp³-hybridized carbons (Fsp3) is 0.214. The molecule has 0 aliphatic heterocycles. The monoisotopic (exact) mass is 286 g/mol. The molecule has 0 aliphatic rings. The molecule has 20 heavy (non-hydrogen) atoms. The summed E-state index contributed by atoms with van der Waals surface area (Å²) in [7, 11) is 0. The summed E-state index contributed by atoms with van der Waals surface area (Å²) < 4.78 is 1.76. The maximum Gasteiger partial charge on any atom is 0.250 e. The van der Waals surface area contributed by atoms with E-state index in [0.717, 1.165) is 16.2 Å². The summed E-state index contributed by atoms with van der Waals surface area (Å²) in [6.45, 7) is 3.85. The summed E-state index contributed by atoms with van der Waals surface area (Å²) in [5, 5.41) is 9.04. The highest BCUT2D eigenvalue weighted by molar-refractivity contribution is 7.15. The third-order valence-corrected chi connectivity index (χ3v) is 3.82. The maximum absolute atomic E-state index is 11.4. The lowest BCUT2D eigenvalue weighted by atomic mass is 10.1. The number of benzene rings is 1. The van der Waals surface area contributed by atoms with Crippen molar-refractivity contribution in [1.82, 2.24) is 14.6 Å². The quantitative estimate of drug-likeness (QED) is 0.804. The molecule has 102 valence electrons. The molecule has 0 fully saturated rings. The molecule has 5 nitrogen and oxygen atoms in total. The molecule has 3 rings (SSSR count). The highest BCUT2D eigenvalue weighted by atomic mass is 32.1. The fourth-order valence-electron chi connectivity index (χ4n) is 1.87. The third kappa shape index (κ3) is 2.30. The number of rotatable bonds is 3. The van der Waals surface area contributed by atoms with Crippen LogP contribution in [0.2, 0.25) is 0 Å². The second-order valence-corrected chi connectivity index (χ2v) is 5.36. The van der Waals surface area contributed by atoms with E-state index in [9.17, 15) is 4.79 Å². The van der Waals surface area contributed by atoms with Gasteiger partial charge in [0.15, 0.2) is 0 Å². The van der Waals surface area contributed by atoms with Crippen LogP contribution in [0, 0.1) is 6.92 Å². The lowest BCUT2D eigenvalue weighted by Crippen LogP contribution is -2.10. The van der Waals surface area contributed by atoms with Crippen LogP contribution in [0.15, 0.2) is 29.6 Å². The van der Waals surface area contributed by atoms with Gasteiger partial charge in [-0.15, -0.1) is 16.4 Å². The van der Waals surface area contributed by atoms with Crippen LogP contribution in [-0.2, 0) is 4.79 Å². The summed E-state index contributed by atoms with van der Waals surface area (Å²) >= 11 is 1.51. The molecule has 0 aliphatic carbocycles. The number of carbonyl (C=O) groups is 1. The number of fused-ring (bicyclic) bond motifs is 1. The van der Waals surface area contributed by atoms with E-state index in [0.29, 0.717) is 12.4 Å². The molecule has 1 aromatic carbocycles. The van der Waals surface area contributed by atoms with Crippen molar-refractivity contribution in [3.63, 3.8) is 0 Å². The highest BCUT2D eigenvalue weighted by Crippen LogP contribution is 2.26. The van der Waals surface area contributed by atoms with Crippen molar-refractivity contribution in [2.75, 3.05) is 5.32 Å². The number of thiazole rings is 1. The van der Waals surface area contributed by atoms with E-state index in [2.05, 4.69) is 46.6 Å². The van der Waals surface area contributed by atoms with Gasteiger partial charge in [-0.3, -0.25) is 10.1 Å². The largest absolute Gasteiger partial charge is 0.293 e. The van der Waals surface area contributed by atoms with Crippen LogP contribution < -0.4 is 5.32 Å². The predicted octanol–water partition coefficient (Wildman–Crippen LogP) is 3.11. The Kier molecular flexibility index (Phi) is 3.23. The van der Waals surface area contributed by atoms with Gasteiger partial charge in [0.25, 0.3) is 0 Å². The summed E-state index contributed by atoms with van der Waals surface area (Å²) in [5.74, 6) is 0.275. The Balaban J connectivity index is 2.00. The minimum atomic E-state index is -0.0832. The molecule has 0 saturated heterocycles. The number of hydrogen-bond donors (Lipinski definition) is 1. The predicted molar refractivity (Wildman–Crippen MR) is 80.0 cm³/mol. The number of aryl methyl sites for hydroxylation is 1. The topological polar surface area (TPSA) is 59.3 Å². The van der Waals surface area contributed by atoms with Crippen molar-refractivity contribution < 1.29 is 4.79 Å². The Morgan fingerprint density at radius 3 is 2.80 bits per heavy atom. The number of amides is 1. The van der Waals surface area contributed by atoms with Gasteiger partial charge in [0.05, 0.1) is 5.69 Å². The van der Waals surface area contributed by atoms with Crippen molar-refractivity contribution in [1.29, 1.82) is 0 Å². The van der Waals surface area contributed by atoms with Crippen molar-refractivity contribution >= 4 is 28.2 Å².